The van der Waals surface area contributed by atoms with Gasteiger partial charge < -0.3 is 10.6 Å². The van der Waals surface area contributed by atoms with Gasteiger partial charge in [-0.2, -0.15) is 0 Å². The predicted octanol–water partition coefficient (Wildman–Crippen LogP) is 3.29. The summed E-state index contributed by atoms with van der Waals surface area (Å²) in [5.41, 5.74) is 5.39. The number of hydrogen-bond donors (Lipinski definition) is 2. The third kappa shape index (κ3) is 3.97. The number of hydrogen-bond acceptors (Lipinski definition) is 2. The van der Waals surface area contributed by atoms with Crippen molar-refractivity contribution < 1.29 is 9.59 Å². The third-order valence-electron chi connectivity index (χ3n) is 4.00. The minimum absolute atomic E-state index is 0.0556. The summed E-state index contributed by atoms with van der Waals surface area (Å²) in [5, 5.41) is 5.53. The van der Waals surface area contributed by atoms with Gasteiger partial charge in [-0.1, -0.05) is 30.3 Å². The highest BCUT2D eigenvalue weighted by Gasteiger charge is 2.12. The number of amides is 2. The first-order chi connectivity index (χ1) is 10.9. The fraction of sp³-hybridized carbons (Fsp3) is 0.263. The molecule has 23 heavy (non-hydrogen) atoms. The van der Waals surface area contributed by atoms with Gasteiger partial charge in [0, 0.05) is 11.3 Å². The van der Waals surface area contributed by atoms with Gasteiger partial charge >= 0.3 is 0 Å². The molecule has 0 aliphatic carbocycles. The summed E-state index contributed by atoms with van der Waals surface area (Å²) < 4.78 is 0. The average molecular weight is 310 g/mol. The van der Waals surface area contributed by atoms with Crippen molar-refractivity contribution in [3.8, 4) is 0 Å². The van der Waals surface area contributed by atoms with E-state index in [0.29, 0.717) is 5.56 Å². The molecule has 0 bridgehead atoms. The van der Waals surface area contributed by atoms with Gasteiger partial charge in [-0.05, 0) is 56.0 Å². The van der Waals surface area contributed by atoms with Crippen LogP contribution in [0.25, 0.3) is 0 Å². The maximum absolute atomic E-state index is 12.2. The van der Waals surface area contributed by atoms with Crippen LogP contribution in [0, 0.1) is 27.7 Å². The first-order valence-corrected chi connectivity index (χ1v) is 7.60. The lowest BCUT2D eigenvalue weighted by molar-refractivity contribution is -0.115. The van der Waals surface area contributed by atoms with Crippen molar-refractivity contribution in [2.24, 2.45) is 0 Å². The molecule has 0 aromatic heterocycles. The number of para-hydroxylation sites is 1. The maximum Gasteiger partial charge on any atom is 0.251 e. The van der Waals surface area contributed by atoms with Crippen LogP contribution in [-0.2, 0) is 4.79 Å². The molecule has 2 aromatic carbocycles. The van der Waals surface area contributed by atoms with Crippen LogP contribution in [0.1, 0.15) is 32.6 Å². The number of anilines is 1. The molecular weight excluding hydrogens is 288 g/mol. The van der Waals surface area contributed by atoms with E-state index in [2.05, 4.69) is 10.6 Å². The second kappa shape index (κ2) is 7.09. The summed E-state index contributed by atoms with van der Waals surface area (Å²) >= 11 is 0. The molecule has 0 aliphatic rings. The minimum atomic E-state index is -0.235. The van der Waals surface area contributed by atoms with Crippen LogP contribution in [0.15, 0.2) is 36.4 Å². The van der Waals surface area contributed by atoms with E-state index in [-0.39, 0.29) is 18.4 Å². The molecule has 0 fully saturated rings. The molecule has 0 saturated carbocycles. The number of rotatable bonds is 4. The van der Waals surface area contributed by atoms with Crippen LogP contribution in [-0.4, -0.2) is 18.4 Å². The largest absolute Gasteiger partial charge is 0.343 e. The standard InChI is InChI=1S/C19H22N2O2/c1-12-7-6-10-16(15(12)4)19(23)20-11-17(22)21-18-13(2)8-5-9-14(18)3/h5-10H,11H2,1-4H3,(H,20,23)(H,21,22). The molecule has 2 rings (SSSR count). The topological polar surface area (TPSA) is 58.2 Å². The Morgan fingerprint density at radius 2 is 1.43 bits per heavy atom. The summed E-state index contributed by atoms with van der Waals surface area (Å²) in [5.74, 6) is -0.469. The van der Waals surface area contributed by atoms with Crippen LogP contribution < -0.4 is 10.6 Å². The van der Waals surface area contributed by atoms with Gasteiger partial charge in [0.2, 0.25) is 5.91 Å². The molecule has 0 aliphatic heterocycles. The molecule has 120 valence electrons. The summed E-state index contributed by atoms with van der Waals surface area (Å²) in [4.78, 5) is 24.3. The fourth-order valence-electron chi connectivity index (χ4n) is 2.45. The van der Waals surface area contributed by atoms with Crippen LogP contribution in [0.5, 0.6) is 0 Å². The monoisotopic (exact) mass is 310 g/mol. The van der Waals surface area contributed by atoms with Crippen molar-refractivity contribution in [3.05, 3.63) is 64.2 Å². The smallest absolute Gasteiger partial charge is 0.251 e. The molecule has 2 aromatic rings. The Morgan fingerprint density at radius 3 is 2.09 bits per heavy atom. The van der Waals surface area contributed by atoms with E-state index >= 15 is 0 Å². The lowest BCUT2D eigenvalue weighted by Gasteiger charge is -2.12. The van der Waals surface area contributed by atoms with Gasteiger partial charge in [0.05, 0.1) is 6.54 Å². The normalized spacial score (nSPS) is 10.3. The first-order valence-electron chi connectivity index (χ1n) is 7.60. The Morgan fingerprint density at radius 1 is 0.870 bits per heavy atom. The van der Waals surface area contributed by atoms with Crippen molar-refractivity contribution in [2.45, 2.75) is 27.7 Å². The molecule has 0 spiro atoms. The Balaban J connectivity index is 1.99. The lowest BCUT2D eigenvalue weighted by Crippen LogP contribution is -2.33. The van der Waals surface area contributed by atoms with Crippen molar-refractivity contribution >= 4 is 17.5 Å². The van der Waals surface area contributed by atoms with Crippen LogP contribution in [0.2, 0.25) is 0 Å². The number of nitrogens with one attached hydrogen (secondary N) is 2. The highest BCUT2D eigenvalue weighted by atomic mass is 16.2. The van der Waals surface area contributed by atoms with Crippen LogP contribution >= 0.6 is 0 Å². The zero-order valence-electron chi connectivity index (χ0n) is 14.0. The Labute approximate surface area is 136 Å². The first kappa shape index (κ1) is 16.7. The van der Waals surface area contributed by atoms with E-state index in [9.17, 15) is 9.59 Å². The molecule has 4 nitrogen and oxygen atoms in total. The molecule has 0 atom stereocenters. The highest BCUT2D eigenvalue weighted by Crippen LogP contribution is 2.19. The number of aryl methyl sites for hydroxylation is 3. The second-order valence-corrected chi connectivity index (χ2v) is 5.75. The van der Waals surface area contributed by atoms with E-state index in [1.165, 1.54) is 0 Å². The second-order valence-electron chi connectivity index (χ2n) is 5.75. The molecule has 0 saturated heterocycles. The molecule has 4 heteroatoms. The summed E-state index contributed by atoms with van der Waals surface area (Å²) in [6, 6.07) is 11.4. The van der Waals surface area contributed by atoms with E-state index in [4.69, 9.17) is 0 Å². The molecule has 0 radical (unpaired) electrons. The van der Waals surface area contributed by atoms with Gasteiger partial charge in [0.25, 0.3) is 5.91 Å². The van der Waals surface area contributed by atoms with E-state index < -0.39 is 0 Å². The predicted molar refractivity (Wildman–Crippen MR) is 92.8 cm³/mol. The fourth-order valence-corrected chi connectivity index (χ4v) is 2.45. The number of carbonyl (C=O) groups is 2. The summed E-state index contributed by atoms with van der Waals surface area (Å²) in [6.07, 6.45) is 0. The summed E-state index contributed by atoms with van der Waals surface area (Å²) in [7, 11) is 0. The van der Waals surface area contributed by atoms with Gasteiger partial charge in [0.15, 0.2) is 0 Å². The summed E-state index contributed by atoms with van der Waals surface area (Å²) in [6.45, 7) is 7.69. The zero-order valence-corrected chi connectivity index (χ0v) is 14.0. The lowest BCUT2D eigenvalue weighted by atomic mass is 10.0. The third-order valence-corrected chi connectivity index (χ3v) is 4.00. The quantitative estimate of drug-likeness (QED) is 0.910. The van der Waals surface area contributed by atoms with Crippen molar-refractivity contribution in [2.75, 3.05) is 11.9 Å². The Bertz CT molecular complexity index is 731. The molecule has 0 unspecified atom stereocenters. The Kier molecular flexibility index (Phi) is 5.16. The van der Waals surface area contributed by atoms with Gasteiger partial charge in [-0.25, -0.2) is 0 Å². The van der Waals surface area contributed by atoms with Crippen molar-refractivity contribution in [1.82, 2.24) is 5.32 Å². The van der Waals surface area contributed by atoms with Crippen LogP contribution in [0.3, 0.4) is 0 Å². The molecule has 2 amide bonds. The SMILES string of the molecule is Cc1cccc(C(=O)NCC(=O)Nc2c(C)cccc2C)c1C. The number of carbonyl (C=O) groups excluding carboxylic acids is 2. The average Bonchev–Trinajstić information content (AvgIpc) is 2.51. The molecule has 0 heterocycles. The number of benzene rings is 2. The van der Waals surface area contributed by atoms with Gasteiger partial charge in [-0.15, -0.1) is 0 Å². The van der Waals surface area contributed by atoms with E-state index in [1.54, 1.807) is 6.07 Å². The molecular formula is C19H22N2O2. The van der Waals surface area contributed by atoms with Gasteiger partial charge in [0.1, 0.15) is 0 Å². The maximum atomic E-state index is 12.2. The van der Waals surface area contributed by atoms with E-state index in [0.717, 1.165) is 27.9 Å². The van der Waals surface area contributed by atoms with Gasteiger partial charge in [-0.3, -0.25) is 9.59 Å². The molecule has 2 N–H and O–H groups in total. The Hall–Kier alpha value is -2.62. The highest BCUT2D eigenvalue weighted by molar-refractivity contribution is 6.00. The van der Waals surface area contributed by atoms with Crippen molar-refractivity contribution in [1.29, 1.82) is 0 Å². The van der Waals surface area contributed by atoms with Crippen LogP contribution in [0.4, 0.5) is 5.69 Å². The van der Waals surface area contributed by atoms with Crippen molar-refractivity contribution in [3.63, 3.8) is 0 Å². The zero-order chi connectivity index (χ0) is 17.0. The van der Waals surface area contributed by atoms with E-state index in [1.807, 2.05) is 58.0 Å². The minimum Gasteiger partial charge on any atom is -0.343 e.